The Hall–Kier alpha value is -2.68. The molecule has 0 unspecified atom stereocenters. The minimum atomic E-state index is -0.931. The molecule has 0 aromatic heterocycles. The van der Waals surface area contributed by atoms with Gasteiger partial charge >= 0.3 is 0 Å². The van der Waals surface area contributed by atoms with Crippen molar-refractivity contribution in [2.45, 2.75) is 45.9 Å². The highest BCUT2D eigenvalue weighted by Gasteiger charge is 2.25. The number of carbonyl (C=O) groups is 2. The lowest BCUT2D eigenvalue weighted by Crippen LogP contribution is -2.49. The molecular weight excluding hydrogens is 632 g/mol. The van der Waals surface area contributed by atoms with E-state index in [-0.39, 0.29) is 17.5 Å². The third kappa shape index (κ3) is 10.3. The average molecular weight is 660 g/mol. The van der Waals surface area contributed by atoms with Crippen LogP contribution in [-0.2, 0) is 16.2 Å². The van der Waals surface area contributed by atoms with Crippen LogP contribution in [0.3, 0.4) is 0 Å². The van der Waals surface area contributed by atoms with Gasteiger partial charge in [0.05, 0.1) is 11.2 Å². The molecule has 3 aromatic carbocycles. The highest BCUT2D eigenvalue weighted by atomic mass is 35.5. The maximum atomic E-state index is 13.0. The van der Waals surface area contributed by atoms with E-state index in [1.807, 2.05) is 13.8 Å². The van der Waals surface area contributed by atoms with Gasteiger partial charge in [-0.05, 0) is 67.8 Å². The van der Waals surface area contributed by atoms with E-state index in [1.54, 1.807) is 55.5 Å². The third-order valence-corrected chi connectivity index (χ3v) is 7.01. The number of hydrogen-bond donors (Lipinski definition) is 2. The van der Waals surface area contributed by atoms with Crippen LogP contribution in [0.2, 0.25) is 25.1 Å². The zero-order valence-corrected chi connectivity index (χ0v) is 26.2. The van der Waals surface area contributed by atoms with Crippen LogP contribution in [0.4, 0.5) is 0 Å². The molecule has 0 heterocycles. The lowest BCUT2D eigenvalue weighted by Gasteiger charge is -2.22. The predicted octanol–water partition coefficient (Wildman–Crippen LogP) is 7.98. The van der Waals surface area contributed by atoms with Gasteiger partial charge in [-0.25, -0.2) is 5.43 Å². The van der Waals surface area contributed by atoms with Crippen LogP contribution in [-0.4, -0.2) is 30.2 Å². The van der Waals surface area contributed by atoms with Crippen molar-refractivity contribution in [1.82, 2.24) is 10.7 Å². The molecule has 0 aliphatic carbocycles. The monoisotopic (exact) mass is 657 g/mol. The van der Waals surface area contributed by atoms with Crippen LogP contribution in [0, 0.1) is 5.92 Å². The van der Waals surface area contributed by atoms with Gasteiger partial charge < -0.3 is 14.8 Å². The number of nitrogens with one attached hydrogen (secondary N) is 2. The molecule has 218 valence electrons. The van der Waals surface area contributed by atoms with E-state index in [4.69, 9.17) is 67.5 Å². The van der Waals surface area contributed by atoms with Gasteiger partial charge in [-0.2, -0.15) is 5.10 Å². The summed E-state index contributed by atoms with van der Waals surface area (Å²) in [5, 5.41) is 8.96. The molecule has 0 saturated heterocycles. The van der Waals surface area contributed by atoms with E-state index in [0.29, 0.717) is 43.6 Å². The van der Waals surface area contributed by atoms with Crippen molar-refractivity contribution >= 4 is 76.0 Å². The molecule has 0 saturated carbocycles. The number of rotatable bonds is 12. The molecular formula is C29H28Cl5N3O4. The largest absolute Gasteiger partial charge is 0.488 e. The van der Waals surface area contributed by atoms with Gasteiger partial charge in [0.25, 0.3) is 11.8 Å². The van der Waals surface area contributed by atoms with E-state index in [1.165, 1.54) is 12.3 Å². The van der Waals surface area contributed by atoms with Gasteiger partial charge in [0.1, 0.15) is 24.1 Å². The molecule has 0 aliphatic rings. The fraction of sp³-hybridized carbons (Fsp3) is 0.276. The quantitative estimate of drug-likeness (QED) is 0.152. The van der Waals surface area contributed by atoms with Gasteiger partial charge in [0.2, 0.25) is 0 Å². The van der Waals surface area contributed by atoms with Gasteiger partial charge in [-0.1, -0.05) is 77.9 Å². The number of benzene rings is 3. The molecule has 0 bridgehead atoms. The molecule has 3 rings (SSSR count). The molecule has 7 nitrogen and oxygen atoms in total. The molecule has 41 heavy (non-hydrogen) atoms. The fourth-order valence-electron chi connectivity index (χ4n) is 3.60. The van der Waals surface area contributed by atoms with Crippen molar-refractivity contribution in [3.8, 4) is 11.5 Å². The Kier molecular flexibility index (Phi) is 12.4. The van der Waals surface area contributed by atoms with Crippen molar-refractivity contribution in [2.24, 2.45) is 11.0 Å². The Morgan fingerprint density at radius 2 is 1.44 bits per heavy atom. The Labute approximate surface area is 264 Å². The normalized spacial score (nSPS) is 12.7. The van der Waals surface area contributed by atoms with Crippen LogP contribution in [0.1, 0.15) is 38.3 Å². The lowest BCUT2D eigenvalue weighted by atomic mass is 10.0. The summed E-state index contributed by atoms with van der Waals surface area (Å²) in [7, 11) is 0. The van der Waals surface area contributed by atoms with Crippen molar-refractivity contribution in [3.63, 3.8) is 0 Å². The van der Waals surface area contributed by atoms with E-state index < -0.39 is 24.0 Å². The zero-order valence-electron chi connectivity index (χ0n) is 22.4. The van der Waals surface area contributed by atoms with Crippen LogP contribution in [0.25, 0.3) is 0 Å². The summed E-state index contributed by atoms with van der Waals surface area (Å²) in [6, 6.07) is 13.9. The molecule has 0 aliphatic heterocycles. The molecule has 2 N–H and O–H groups in total. The molecule has 0 radical (unpaired) electrons. The second kappa shape index (κ2) is 15.5. The second-order valence-electron chi connectivity index (χ2n) is 9.47. The Bertz CT molecular complexity index is 1420. The number of halogens is 5. The van der Waals surface area contributed by atoms with Crippen molar-refractivity contribution in [3.05, 3.63) is 90.8 Å². The Balaban J connectivity index is 1.65. The Morgan fingerprint density at radius 1 is 0.829 bits per heavy atom. The first-order chi connectivity index (χ1) is 19.4. The summed E-state index contributed by atoms with van der Waals surface area (Å²) in [6.07, 6.45) is 0.847. The van der Waals surface area contributed by atoms with Crippen molar-refractivity contribution in [2.75, 3.05) is 0 Å². The topological polar surface area (TPSA) is 89.0 Å². The SMILES string of the molecule is CC(C)C[C@@H](NC(=O)[C@H](C)Oc1ccc(Cl)cc1Cl)C(=O)N/N=C\c1cc(Cl)ccc1OCc1ccc(Cl)cc1Cl. The molecule has 0 spiro atoms. The predicted molar refractivity (Wildman–Crippen MR) is 166 cm³/mol. The zero-order chi connectivity index (χ0) is 30.1. The summed E-state index contributed by atoms with van der Waals surface area (Å²) in [5.41, 5.74) is 3.75. The number of carbonyl (C=O) groups excluding carboxylic acids is 2. The smallest absolute Gasteiger partial charge is 0.262 e. The summed E-state index contributed by atoms with van der Waals surface area (Å²) in [6.45, 7) is 5.60. The lowest BCUT2D eigenvalue weighted by molar-refractivity contribution is -0.132. The highest BCUT2D eigenvalue weighted by Crippen LogP contribution is 2.29. The number of hydrogen-bond acceptors (Lipinski definition) is 5. The van der Waals surface area contributed by atoms with Crippen LogP contribution >= 0.6 is 58.0 Å². The summed E-state index contributed by atoms with van der Waals surface area (Å²) in [4.78, 5) is 25.9. The third-order valence-electron chi connectivity index (χ3n) is 5.66. The number of hydrazone groups is 1. The van der Waals surface area contributed by atoms with E-state index in [0.717, 1.165) is 5.56 Å². The van der Waals surface area contributed by atoms with Crippen LogP contribution in [0.5, 0.6) is 11.5 Å². The number of ether oxygens (including phenoxy) is 2. The molecule has 12 heteroatoms. The molecule has 2 atom stereocenters. The summed E-state index contributed by atoms with van der Waals surface area (Å²) < 4.78 is 11.6. The maximum absolute atomic E-state index is 13.0. The van der Waals surface area contributed by atoms with E-state index in [9.17, 15) is 9.59 Å². The van der Waals surface area contributed by atoms with Gasteiger partial charge in [-0.3, -0.25) is 9.59 Å². The highest BCUT2D eigenvalue weighted by molar-refractivity contribution is 6.36. The first-order valence-electron chi connectivity index (χ1n) is 12.5. The fourth-order valence-corrected chi connectivity index (χ4v) is 4.69. The van der Waals surface area contributed by atoms with Gasteiger partial charge in [-0.15, -0.1) is 0 Å². The number of amides is 2. The molecule has 3 aromatic rings. The molecule has 2 amide bonds. The van der Waals surface area contributed by atoms with Crippen LogP contribution < -0.4 is 20.2 Å². The minimum absolute atomic E-state index is 0.101. The van der Waals surface area contributed by atoms with E-state index >= 15 is 0 Å². The summed E-state index contributed by atoms with van der Waals surface area (Å²) >= 11 is 30.5. The van der Waals surface area contributed by atoms with Crippen molar-refractivity contribution in [1.29, 1.82) is 0 Å². The van der Waals surface area contributed by atoms with Gasteiger partial charge in [0, 0.05) is 31.2 Å². The maximum Gasteiger partial charge on any atom is 0.262 e. The average Bonchev–Trinajstić information content (AvgIpc) is 2.89. The van der Waals surface area contributed by atoms with Crippen LogP contribution in [0.15, 0.2) is 59.7 Å². The van der Waals surface area contributed by atoms with Crippen molar-refractivity contribution < 1.29 is 19.1 Å². The first-order valence-corrected chi connectivity index (χ1v) is 14.4. The standard InChI is InChI=1S/C29H28Cl5N3O4/c1-16(2)10-25(36-28(38)17(3)41-27-9-7-22(32)13-24(27)34)29(39)37-35-14-19-11-20(30)6-8-26(19)40-15-18-4-5-21(31)12-23(18)33/h4-9,11-14,16-17,25H,10,15H2,1-3H3,(H,36,38)(H,37,39)/b35-14-/t17-,25+/m0/s1. The first kappa shape index (κ1) is 32.8. The van der Waals surface area contributed by atoms with E-state index in [2.05, 4.69) is 15.8 Å². The Morgan fingerprint density at radius 3 is 2.07 bits per heavy atom. The van der Waals surface area contributed by atoms with Gasteiger partial charge in [0.15, 0.2) is 6.10 Å². The minimum Gasteiger partial charge on any atom is -0.488 e. The molecule has 0 fully saturated rings. The summed E-state index contributed by atoms with van der Waals surface area (Å²) in [5.74, 6) is -0.127. The number of nitrogens with zero attached hydrogens (tertiary/aromatic N) is 1. The second-order valence-corrected chi connectivity index (χ2v) is 11.6.